The van der Waals surface area contributed by atoms with Crippen LogP contribution in [0.3, 0.4) is 0 Å². The van der Waals surface area contributed by atoms with Crippen molar-refractivity contribution in [1.29, 1.82) is 0 Å². The molecule has 0 aliphatic carbocycles. The van der Waals surface area contributed by atoms with Gasteiger partial charge in [-0.05, 0) is 36.8 Å². The molecule has 1 fully saturated rings. The number of thiophene rings is 1. The minimum absolute atomic E-state index is 0.0993. The second kappa shape index (κ2) is 8.11. The van der Waals surface area contributed by atoms with E-state index in [0.29, 0.717) is 26.3 Å². The van der Waals surface area contributed by atoms with Crippen molar-refractivity contribution in [2.24, 2.45) is 0 Å². The van der Waals surface area contributed by atoms with E-state index in [0.717, 1.165) is 5.56 Å². The molecule has 0 spiro atoms. The molecule has 3 nitrogen and oxygen atoms in total. The molecule has 1 amide bonds. The third-order valence-electron chi connectivity index (χ3n) is 3.46. The van der Waals surface area contributed by atoms with Gasteiger partial charge in [0.1, 0.15) is 0 Å². The van der Waals surface area contributed by atoms with Crippen LogP contribution in [0.1, 0.15) is 29.1 Å². The summed E-state index contributed by atoms with van der Waals surface area (Å²) in [6.07, 6.45) is 0. The van der Waals surface area contributed by atoms with Gasteiger partial charge >= 0.3 is 0 Å². The standard InChI is InChI=1S/C16H17NO2S.C2H6/c1-12-2-7-15(20-12)13-3-5-14(6-4-13)16(18)17-8-10-19-11-9-17;1-2/h2-7H,8-11H2,1H3;1-2H3. The highest BCUT2D eigenvalue weighted by atomic mass is 32.1. The number of carbonyl (C=O) groups is 1. The number of hydrogen-bond acceptors (Lipinski definition) is 3. The van der Waals surface area contributed by atoms with E-state index in [1.807, 2.05) is 43.0 Å². The number of carbonyl (C=O) groups excluding carboxylic acids is 1. The average molecular weight is 317 g/mol. The lowest BCUT2D eigenvalue weighted by Crippen LogP contribution is -2.40. The summed E-state index contributed by atoms with van der Waals surface area (Å²) in [5.41, 5.74) is 1.92. The Balaban J connectivity index is 0.000000847. The minimum atomic E-state index is 0.0993. The highest BCUT2D eigenvalue weighted by Crippen LogP contribution is 2.27. The molecular weight excluding hydrogens is 294 g/mol. The molecule has 1 aromatic heterocycles. The van der Waals surface area contributed by atoms with Gasteiger partial charge < -0.3 is 9.64 Å². The maximum Gasteiger partial charge on any atom is 0.254 e. The molecule has 0 atom stereocenters. The molecule has 0 unspecified atom stereocenters. The van der Waals surface area contributed by atoms with Gasteiger partial charge in [-0.1, -0.05) is 26.0 Å². The molecule has 3 rings (SSSR count). The summed E-state index contributed by atoms with van der Waals surface area (Å²) in [7, 11) is 0. The first-order valence-corrected chi connectivity index (χ1v) is 8.59. The molecule has 0 saturated carbocycles. The quantitative estimate of drug-likeness (QED) is 0.830. The molecule has 0 bridgehead atoms. The van der Waals surface area contributed by atoms with Gasteiger partial charge in [0.05, 0.1) is 13.2 Å². The summed E-state index contributed by atoms with van der Waals surface area (Å²) < 4.78 is 5.27. The zero-order valence-electron chi connectivity index (χ0n) is 13.5. The molecule has 1 aromatic carbocycles. The van der Waals surface area contributed by atoms with Crippen molar-refractivity contribution in [2.45, 2.75) is 20.8 Å². The van der Waals surface area contributed by atoms with Gasteiger partial charge in [-0.25, -0.2) is 0 Å². The number of morpholine rings is 1. The summed E-state index contributed by atoms with van der Waals surface area (Å²) in [5.74, 6) is 0.0993. The average Bonchev–Trinajstić information content (AvgIpc) is 3.03. The van der Waals surface area contributed by atoms with Crippen LogP contribution in [-0.4, -0.2) is 37.1 Å². The van der Waals surface area contributed by atoms with Crippen LogP contribution in [0.15, 0.2) is 36.4 Å². The number of benzene rings is 1. The van der Waals surface area contributed by atoms with Crippen LogP contribution in [0.5, 0.6) is 0 Å². The summed E-state index contributed by atoms with van der Waals surface area (Å²) in [6.45, 7) is 8.75. The van der Waals surface area contributed by atoms with E-state index in [-0.39, 0.29) is 5.91 Å². The number of nitrogens with zero attached hydrogens (tertiary/aromatic N) is 1. The second-order valence-corrected chi connectivity index (χ2v) is 6.18. The molecule has 2 aromatic rings. The number of hydrogen-bond donors (Lipinski definition) is 0. The van der Waals surface area contributed by atoms with E-state index in [4.69, 9.17) is 4.74 Å². The Hall–Kier alpha value is -1.65. The van der Waals surface area contributed by atoms with Crippen LogP contribution in [0.25, 0.3) is 10.4 Å². The summed E-state index contributed by atoms with van der Waals surface area (Å²) in [6, 6.07) is 12.1. The van der Waals surface area contributed by atoms with E-state index < -0.39 is 0 Å². The van der Waals surface area contributed by atoms with Crippen molar-refractivity contribution in [3.8, 4) is 10.4 Å². The molecule has 118 valence electrons. The Kier molecular flexibility index (Phi) is 6.16. The van der Waals surface area contributed by atoms with E-state index in [9.17, 15) is 4.79 Å². The Morgan fingerprint density at radius 3 is 2.23 bits per heavy atom. The van der Waals surface area contributed by atoms with Crippen molar-refractivity contribution in [3.05, 3.63) is 46.8 Å². The third-order valence-corrected chi connectivity index (χ3v) is 4.50. The Bertz CT molecular complexity index is 598. The SMILES string of the molecule is CC.Cc1ccc(-c2ccc(C(=O)N3CCOCC3)cc2)s1. The summed E-state index contributed by atoms with van der Waals surface area (Å²) in [4.78, 5) is 16.7. The van der Waals surface area contributed by atoms with E-state index in [1.54, 1.807) is 11.3 Å². The normalized spacial score (nSPS) is 14.2. The minimum Gasteiger partial charge on any atom is -0.378 e. The predicted octanol–water partition coefficient (Wildman–Crippen LogP) is 4.22. The number of rotatable bonds is 2. The number of amides is 1. The first kappa shape index (κ1) is 16.7. The predicted molar refractivity (Wildman–Crippen MR) is 92.6 cm³/mol. The molecule has 0 N–H and O–H groups in total. The molecule has 0 radical (unpaired) electrons. The van der Waals surface area contributed by atoms with Crippen LogP contribution in [0, 0.1) is 6.92 Å². The number of aryl methyl sites for hydroxylation is 1. The highest BCUT2D eigenvalue weighted by molar-refractivity contribution is 7.15. The largest absolute Gasteiger partial charge is 0.378 e. The fraction of sp³-hybridized carbons (Fsp3) is 0.389. The first-order valence-electron chi connectivity index (χ1n) is 7.78. The molecular formula is C18H23NO2S. The zero-order chi connectivity index (χ0) is 15.9. The lowest BCUT2D eigenvalue weighted by molar-refractivity contribution is 0.0303. The van der Waals surface area contributed by atoms with Crippen molar-refractivity contribution in [2.75, 3.05) is 26.3 Å². The summed E-state index contributed by atoms with van der Waals surface area (Å²) >= 11 is 1.77. The molecule has 1 aliphatic heterocycles. The smallest absolute Gasteiger partial charge is 0.254 e. The molecule has 2 heterocycles. The van der Waals surface area contributed by atoms with Gasteiger partial charge in [0.2, 0.25) is 0 Å². The maximum absolute atomic E-state index is 12.3. The topological polar surface area (TPSA) is 29.5 Å². The monoisotopic (exact) mass is 317 g/mol. The van der Waals surface area contributed by atoms with Crippen molar-refractivity contribution in [3.63, 3.8) is 0 Å². The zero-order valence-corrected chi connectivity index (χ0v) is 14.3. The second-order valence-electron chi connectivity index (χ2n) is 4.89. The molecule has 4 heteroatoms. The third kappa shape index (κ3) is 3.96. The highest BCUT2D eigenvalue weighted by Gasteiger charge is 2.18. The fourth-order valence-corrected chi connectivity index (χ4v) is 3.19. The van der Waals surface area contributed by atoms with Gasteiger partial charge in [0.15, 0.2) is 0 Å². The van der Waals surface area contributed by atoms with Crippen LogP contribution < -0.4 is 0 Å². The van der Waals surface area contributed by atoms with Crippen LogP contribution >= 0.6 is 11.3 Å². The Morgan fingerprint density at radius 1 is 1.05 bits per heavy atom. The van der Waals surface area contributed by atoms with Gasteiger partial charge in [-0.15, -0.1) is 11.3 Å². The Labute approximate surface area is 136 Å². The summed E-state index contributed by atoms with van der Waals surface area (Å²) in [5, 5.41) is 0. The van der Waals surface area contributed by atoms with E-state index in [2.05, 4.69) is 19.1 Å². The van der Waals surface area contributed by atoms with Crippen molar-refractivity contribution >= 4 is 17.2 Å². The van der Waals surface area contributed by atoms with Gasteiger partial charge in [0.25, 0.3) is 5.91 Å². The fourth-order valence-electron chi connectivity index (χ4n) is 2.32. The lowest BCUT2D eigenvalue weighted by Gasteiger charge is -2.26. The van der Waals surface area contributed by atoms with Gasteiger partial charge in [-0.3, -0.25) is 4.79 Å². The van der Waals surface area contributed by atoms with Crippen LogP contribution in [-0.2, 0) is 4.74 Å². The van der Waals surface area contributed by atoms with Crippen LogP contribution in [0.2, 0.25) is 0 Å². The van der Waals surface area contributed by atoms with E-state index in [1.165, 1.54) is 15.3 Å². The molecule has 1 aliphatic rings. The van der Waals surface area contributed by atoms with Gasteiger partial charge in [-0.2, -0.15) is 0 Å². The van der Waals surface area contributed by atoms with Crippen LogP contribution in [0.4, 0.5) is 0 Å². The molecule has 22 heavy (non-hydrogen) atoms. The lowest BCUT2D eigenvalue weighted by atomic mass is 10.1. The first-order chi connectivity index (χ1) is 10.7. The van der Waals surface area contributed by atoms with E-state index >= 15 is 0 Å². The maximum atomic E-state index is 12.3. The van der Waals surface area contributed by atoms with Crippen molar-refractivity contribution in [1.82, 2.24) is 4.90 Å². The van der Waals surface area contributed by atoms with Gasteiger partial charge in [0, 0.05) is 28.4 Å². The number of ether oxygens (including phenoxy) is 1. The Morgan fingerprint density at radius 2 is 1.68 bits per heavy atom. The van der Waals surface area contributed by atoms with Crippen molar-refractivity contribution < 1.29 is 9.53 Å². The molecule has 1 saturated heterocycles.